The lowest BCUT2D eigenvalue weighted by Gasteiger charge is -2.22. The van der Waals surface area contributed by atoms with Crippen LogP contribution in [0.3, 0.4) is 0 Å². The van der Waals surface area contributed by atoms with Gasteiger partial charge in [-0.2, -0.15) is 13.2 Å². The Morgan fingerprint density at radius 2 is 1.33 bits per heavy atom. The standard InChI is InChI=1S/C18H16F3NO2/c19-18(20,21)16(17(23)24)13-22(11-14-7-3-1-4-8-14)12-15-9-5-2-6-10-15/h1-10,13H,11-12H2,(H,23,24)/b16-13+. The minimum absolute atomic E-state index is 0.169. The molecule has 2 aromatic carbocycles. The monoisotopic (exact) mass is 335 g/mol. The molecular formula is C18H16F3NO2. The van der Waals surface area contributed by atoms with Gasteiger partial charge in [-0.05, 0) is 11.1 Å². The number of rotatable bonds is 6. The van der Waals surface area contributed by atoms with Crippen LogP contribution in [0.4, 0.5) is 13.2 Å². The summed E-state index contributed by atoms with van der Waals surface area (Å²) in [4.78, 5) is 12.3. The lowest BCUT2D eigenvalue weighted by Crippen LogP contribution is -2.25. The second-order valence-electron chi connectivity index (χ2n) is 5.22. The van der Waals surface area contributed by atoms with Gasteiger partial charge in [0, 0.05) is 19.3 Å². The topological polar surface area (TPSA) is 40.5 Å². The summed E-state index contributed by atoms with van der Waals surface area (Å²) in [5, 5.41) is 8.87. The molecule has 0 aliphatic rings. The molecule has 6 heteroatoms. The van der Waals surface area contributed by atoms with Crippen molar-refractivity contribution >= 4 is 5.97 Å². The minimum atomic E-state index is -4.92. The summed E-state index contributed by atoms with van der Waals surface area (Å²) in [5.41, 5.74) is -0.0115. The van der Waals surface area contributed by atoms with Crippen molar-refractivity contribution in [2.75, 3.05) is 0 Å². The first kappa shape index (κ1) is 17.6. The highest BCUT2D eigenvalue weighted by Gasteiger charge is 2.39. The van der Waals surface area contributed by atoms with Gasteiger partial charge in [0.15, 0.2) is 5.57 Å². The predicted octanol–water partition coefficient (Wildman–Crippen LogP) is 4.22. The van der Waals surface area contributed by atoms with Gasteiger partial charge < -0.3 is 10.0 Å². The van der Waals surface area contributed by atoms with E-state index in [0.717, 1.165) is 11.1 Å². The van der Waals surface area contributed by atoms with Crippen LogP contribution in [-0.2, 0) is 17.9 Å². The van der Waals surface area contributed by atoms with Crippen molar-refractivity contribution in [3.63, 3.8) is 0 Å². The fourth-order valence-electron chi connectivity index (χ4n) is 2.22. The number of alkyl halides is 3. The Kier molecular flexibility index (Phi) is 5.63. The zero-order valence-electron chi connectivity index (χ0n) is 12.7. The third-order valence-corrected chi connectivity index (χ3v) is 3.30. The molecule has 2 rings (SSSR count). The van der Waals surface area contributed by atoms with E-state index >= 15 is 0 Å². The van der Waals surface area contributed by atoms with Crippen LogP contribution in [0.25, 0.3) is 0 Å². The van der Waals surface area contributed by atoms with E-state index in [0.29, 0.717) is 6.20 Å². The molecule has 0 atom stereocenters. The van der Waals surface area contributed by atoms with Crippen LogP contribution in [0.5, 0.6) is 0 Å². The van der Waals surface area contributed by atoms with Crippen molar-refractivity contribution in [3.8, 4) is 0 Å². The summed E-state index contributed by atoms with van der Waals surface area (Å²) in [6.45, 7) is 0.338. The molecule has 0 saturated heterocycles. The number of halogens is 3. The first-order chi connectivity index (χ1) is 11.4. The lowest BCUT2D eigenvalue weighted by molar-refractivity contribution is -0.145. The van der Waals surface area contributed by atoms with Crippen molar-refractivity contribution < 1.29 is 23.1 Å². The van der Waals surface area contributed by atoms with E-state index < -0.39 is 17.7 Å². The fourth-order valence-corrected chi connectivity index (χ4v) is 2.22. The van der Waals surface area contributed by atoms with Gasteiger partial charge in [0.25, 0.3) is 0 Å². The summed E-state index contributed by atoms with van der Waals surface area (Å²) in [5.74, 6) is -1.99. The third kappa shape index (κ3) is 5.15. The van der Waals surface area contributed by atoms with Crippen molar-refractivity contribution in [2.45, 2.75) is 19.3 Å². The molecule has 0 aliphatic carbocycles. The largest absolute Gasteiger partial charge is 0.478 e. The highest BCUT2D eigenvalue weighted by atomic mass is 19.4. The van der Waals surface area contributed by atoms with Crippen molar-refractivity contribution in [2.24, 2.45) is 0 Å². The van der Waals surface area contributed by atoms with Gasteiger partial charge in [-0.15, -0.1) is 0 Å². The second-order valence-corrected chi connectivity index (χ2v) is 5.22. The third-order valence-electron chi connectivity index (χ3n) is 3.30. The molecule has 0 heterocycles. The summed E-state index contributed by atoms with van der Waals surface area (Å²) in [7, 11) is 0. The van der Waals surface area contributed by atoms with Gasteiger partial charge in [0.2, 0.25) is 0 Å². The molecule has 126 valence electrons. The zero-order chi connectivity index (χ0) is 17.6. The summed E-state index contributed by atoms with van der Waals surface area (Å²) in [6, 6.07) is 17.8. The second kappa shape index (κ2) is 7.68. The van der Waals surface area contributed by atoms with Gasteiger partial charge >= 0.3 is 12.1 Å². The molecule has 3 nitrogen and oxygen atoms in total. The Labute approximate surface area is 137 Å². The summed E-state index contributed by atoms with van der Waals surface area (Å²) < 4.78 is 38.8. The van der Waals surface area contributed by atoms with Crippen LogP contribution in [0, 0.1) is 0 Å². The van der Waals surface area contributed by atoms with Crippen LogP contribution < -0.4 is 0 Å². The molecule has 24 heavy (non-hydrogen) atoms. The Balaban J connectivity index is 2.32. The van der Waals surface area contributed by atoms with E-state index in [1.165, 1.54) is 4.90 Å². The van der Waals surface area contributed by atoms with Gasteiger partial charge in [-0.1, -0.05) is 60.7 Å². The molecule has 0 radical (unpaired) electrons. The zero-order valence-corrected chi connectivity index (χ0v) is 12.7. The van der Waals surface area contributed by atoms with Crippen LogP contribution in [0.1, 0.15) is 11.1 Å². The number of hydrogen-bond donors (Lipinski definition) is 1. The minimum Gasteiger partial charge on any atom is -0.478 e. The fraction of sp³-hybridized carbons (Fsp3) is 0.167. The van der Waals surface area contributed by atoms with Crippen molar-refractivity contribution in [3.05, 3.63) is 83.6 Å². The molecule has 0 bridgehead atoms. The Hall–Kier alpha value is -2.76. The molecule has 0 aliphatic heterocycles. The molecule has 1 N–H and O–H groups in total. The molecule has 0 spiro atoms. The number of benzene rings is 2. The molecular weight excluding hydrogens is 319 g/mol. The molecule has 0 amide bonds. The van der Waals surface area contributed by atoms with Crippen molar-refractivity contribution in [1.82, 2.24) is 4.90 Å². The lowest BCUT2D eigenvalue weighted by atomic mass is 10.1. The van der Waals surface area contributed by atoms with E-state index in [9.17, 15) is 18.0 Å². The van der Waals surface area contributed by atoms with E-state index in [1.54, 1.807) is 60.7 Å². The highest BCUT2D eigenvalue weighted by Crippen LogP contribution is 2.27. The number of aliphatic carboxylic acids is 1. The SMILES string of the molecule is O=C(O)/C(=C\N(Cc1ccccc1)Cc1ccccc1)C(F)(F)F. The number of nitrogens with zero attached hydrogens (tertiary/aromatic N) is 1. The first-order valence-corrected chi connectivity index (χ1v) is 7.20. The predicted molar refractivity (Wildman–Crippen MR) is 83.9 cm³/mol. The number of hydrogen-bond acceptors (Lipinski definition) is 2. The Morgan fingerprint density at radius 3 is 1.67 bits per heavy atom. The highest BCUT2D eigenvalue weighted by molar-refractivity contribution is 5.87. The van der Waals surface area contributed by atoms with E-state index in [1.807, 2.05) is 0 Å². The molecule has 0 unspecified atom stereocenters. The van der Waals surface area contributed by atoms with Crippen LogP contribution >= 0.6 is 0 Å². The molecule has 0 aromatic heterocycles. The maximum atomic E-state index is 12.9. The van der Waals surface area contributed by atoms with Gasteiger partial charge in [-0.25, -0.2) is 4.79 Å². The number of carboxylic acid groups (broad SMARTS) is 1. The summed E-state index contributed by atoms with van der Waals surface area (Å²) >= 11 is 0. The van der Waals surface area contributed by atoms with E-state index in [4.69, 9.17) is 5.11 Å². The van der Waals surface area contributed by atoms with Gasteiger partial charge in [-0.3, -0.25) is 0 Å². The quantitative estimate of drug-likeness (QED) is 0.804. The number of carboxylic acids is 1. The average molecular weight is 335 g/mol. The average Bonchev–Trinajstić information content (AvgIpc) is 2.53. The first-order valence-electron chi connectivity index (χ1n) is 7.20. The molecule has 0 saturated carbocycles. The maximum Gasteiger partial charge on any atom is 0.424 e. The van der Waals surface area contributed by atoms with Crippen molar-refractivity contribution in [1.29, 1.82) is 0 Å². The number of carbonyl (C=O) groups is 1. The normalized spacial score (nSPS) is 12.0. The summed E-state index contributed by atoms with van der Waals surface area (Å²) in [6.07, 6.45) is -4.25. The molecule has 2 aromatic rings. The molecule has 0 fully saturated rings. The van der Waals surface area contributed by atoms with Gasteiger partial charge in [0.05, 0.1) is 0 Å². The van der Waals surface area contributed by atoms with Crippen LogP contribution in [0.2, 0.25) is 0 Å². The van der Waals surface area contributed by atoms with Gasteiger partial charge in [0.1, 0.15) is 0 Å². The maximum absolute atomic E-state index is 12.9. The Morgan fingerprint density at radius 1 is 0.917 bits per heavy atom. The Bertz CT molecular complexity index is 656. The van der Waals surface area contributed by atoms with E-state index in [-0.39, 0.29) is 13.1 Å². The smallest absolute Gasteiger partial charge is 0.424 e. The van der Waals surface area contributed by atoms with Crippen LogP contribution in [0.15, 0.2) is 72.4 Å². The van der Waals surface area contributed by atoms with Crippen LogP contribution in [-0.4, -0.2) is 22.2 Å². The van der Waals surface area contributed by atoms with E-state index in [2.05, 4.69) is 0 Å².